The fourth-order valence-corrected chi connectivity index (χ4v) is 2.70. The summed E-state index contributed by atoms with van der Waals surface area (Å²) in [5.74, 6) is -0.374. The second-order valence-electron chi connectivity index (χ2n) is 5.69. The Hall–Kier alpha value is -2.66. The highest BCUT2D eigenvalue weighted by Gasteiger charge is 2.47. The van der Waals surface area contributed by atoms with Gasteiger partial charge in [-0.2, -0.15) is 0 Å². The zero-order valence-electron chi connectivity index (χ0n) is 12.9. The van der Waals surface area contributed by atoms with Gasteiger partial charge >= 0.3 is 0 Å². The van der Waals surface area contributed by atoms with E-state index < -0.39 is 11.5 Å². The molecule has 0 aliphatic carbocycles. The number of Topliss-reactive ketones (excluding diaryl/α,β-unsaturated/α-hetero) is 1. The van der Waals surface area contributed by atoms with E-state index in [1.807, 2.05) is 19.1 Å². The van der Waals surface area contributed by atoms with Crippen LogP contribution in [-0.2, 0) is 10.4 Å². The smallest absolute Gasteiger partial charge is 0.261 e. The van der Waals surface area contributed by atoms with Crippen LogP contribution in [0.5, 0.6) is 5.75 Å². The molecule has 0 bridgehead atoms. The van der Waals surface area contributed by atoms with Crippen molar-refractivity contribution < 1.29 is 19.4 Å². The summed E-state index contributed by atoms with van der Waals surface area (Å²) in [6, 6.07) is 12.0. The van der Waals surface area contributed by atoms with E-state index in [0.29, 0.717) is 22.6 Å². The standard InChI is InChI=1S/C18H17NO4/c1-11-3-5-12(6-4-11)16(20)10-18(22)14-9-13(23-2)7-8-15(14)19-17(18)21/h3-9,22H,10H2,1-2H3,(H,19,21)/t18-/m1/s1. The molecule has 5 heteroatoms. The van der Waals surface area contributed by atoms with Gasteiger partial charge in [0.2, 0.25) is 0 Å². The minimum Gasteiger partial charge on any atom is -0.497 e. The molecule has 3 rings (SSSR count). The zero-order chi connectivity index (χ0) is 16.6. The third-order valence-electron chi connectivity index (χ3n) is 4.09. The third-order valence-corrected chi connectivity index (χ3v) is 4.09. The Morgan fingerprint density at radius 1 is 1.22 bits per heavy atom. The van der Waals surface area contributed by atoms with Crippen LogP contribution in [0, 0.1) is 6.92 Å². The number of carbonyl (C=O) groups is 2. The lowest BCUT2D eigenvalue weighted by molar-refractivity contribution is -0.133. The first-order chi connectivity index (χ1) is 10.9. The van der Waals surface area contributed by atoms with Crippen LogP contribution in [0.4, 0.5) is 5.69 Å². The summed E-state index contributed by atoms with van der Waals surface area (Å²) in [7, 11) is 1.50. The van der Waals surface area contributed by atoms with Gasteiger partial charge in [0.1, 0.15) is 5.75 Å². The number of amides is 1. The minimum absolute atomic E-state index is 0.293. The summed E-state index contributed by atoms with van der Waals surface area (Å²) < 4.78 is 5.14. The molecule has 2 aromatic carbocycles. The van der Waals surface area contributed by atoms with Gasteiger partial charge in [0.25, 0.3) is 5.91 Å². The molecule has 0 unspecified atom stereocenters. The van der Waals surface area contributed by atoms with Crippen molar-refractivity contribution in [2.24, 2.45) is 0 Å². The molecule has 2 N–H and O–H groups in total. The molecule has 0 saturated carbocycles. The molecular formula is C18H17NO4. The fraction of sp³-hybridized carbons (Fsp3) is 0.222. The van der Waals surface area contributed by atoms with Gasteiger partial charge in [0, 0.05) is 16.8 Å². The van der Waals surface area contributed by atoms with Crippen LogP contribution in [0.1, 0.15) is 27.9 Å². The molecule has 0 aromatic heterocycles. The van der Waals surface area contributed by atoms with E-state index >= 15 is 0 Å². The summed E-state index contributed by atoms with van der Waals surface area (Å²) in [6.45, 7) is 1.93. The number of ketones is 1. The normalized spacial score (nSPS) is 19.2. The molecule has 1 heterocycles. The van der Waals surface area contributed by atoms with Crippen molar-refractivity contribution in [1.29, 1.82) is 0 Å². The monoisotopic (exact) mass is 311 g/mol. The molecule has 118 valence electrons. The number of methoxy groups -OCH3 is 1. The maximum atomic E-state index is 12.5. The van der Waals surface area contributed by atoms with Gasteiger partial charge in [-0.1, -0.05) is 29.8 Å². The van der Waals surface area contributed by atoms with E-state index in [-0.39, 0.29) is 12.2 Å². The first-order valence-corrected chi connectivity index (χ1v) is 7.26. The summed E-state index contributed by atoms with van der Waals surface area (Å²) in [6.07, 6.45) is -0.317. The lowest BCUT2D eigenvalue weighted by Crippen LogP contribution is -2.36. The molecule has 23 heavy (non-hydrogen) atoms. The van der Waals surface area contributed by atoms with Crippen molar-refractivity contribution in [3.63, 3.8) is 0 Å². The number of benzene rings is 2. The van der Waals surface area contributed by atoms with Gasteiger partial charge in [-0.05, 0) is 25.1 Å². The van der Waals surface area contributed by atoms with Gasteiger partial charge in [0.05, 0.1) is 13.5 Å². The second kappa shape index (κ2) is 5.52. The van der Waals surface area contributed by atoms with E-state index in [4.69, 9.17) is 4.74 Å². The highest BCUT2D eigenvalue weighted by atomic mass is 16.5. The number of ether oxygens (including phenoxy) is 1. The molecule has 1 atom stereocenters. The number of fused-ring (bicyclic) bond motifs is 1. The lowest BCUT2D eigenvalue weighted by Gasteiger charge is -2.20. The average Bonchev–Trinajstić information content (AvgIpc) is 2.78. The predicted molar refractivity (Wildman–Crippen MR) is 85.6 cm³/mol. The van der Waals surface area contributed by atoms with E-state index in [1.165, 1.54) is 7.11 Å². The highest BCUT2D eigenvalue weighted by Crippen LogP contribution is 2.40. The molecule has 0 fully saturated rings. The number of carbonyl (C=O) groups excluding carboxylic acids is 2. The number of rotatable bonds is 4. The first-order valence-electron chi connectivity index (χ1n) is 7.26. The van der Waals surface area contributed by atoms with Gasteiger partial charge in [-0.3, -0.25) is 9.59 Å². The maximum absolute atomic E-state index is 12.5. The Morgan fingerprint density at radius 3 is 2.57 bits per heavy atom. The number of aliphatic hydroxyl groups is 1. The molecule has 5 nitrogen and oxygen atoms in total. The maximum Gasteiger partial charge on any atom is 0.261 e. The number of nitrogens with one attached hydrogen (secondary N) is 1. The third kappa shape index (κ3) is 2.59. The molecule has 1 aliphatic rings. The summed E-state index contributed by atoms with van der Waals surface area (Å²) in [4.78, 5) is 24.7. The van der Waals surface area contributed by atoms with Crippen molar-refractivity contribution in [2.45, 2.75) is 18.9 Å². The fourth-order valence-electron chi connectivity index (χ4n) is 2.70. The van der Waals surface area contributed by atoms with Gasteiger partial charge < -0.3 is 15.2 Å². The molecule has 0 saturated heterocycles. The summed E-state index contributed by atoms with van der Waals surface area (Å²) in [5.41, 5.74) is 0.478. The quantitative estimate of drug-likeness (QED) is 0.850. The number of aryl methyl sites for hydroxylation is 1. The topological polar surface area (TPSA) is 75.6 Å². The largest absolute Gasteiger partial charge is 0.497 e. The highest BCUT2D eigenvalue weighted by molar-refractivity contribution is 6.09. The van der Waals surface area contributed by atoms with Crippen LogP contribution < -0.4 is 10.1 Å². The van der Waals surface area contributed by atoms with Crippen molar-refractivity contribution in [3.05, 3.63) is 59.2 Å². The number of hydrogen-bond donors (Lipinski definition) is 2. The van der Waals surface area contributed by atoms with Gasteiger partial charge in [-0.25, -0.2) is 0 Å². The number of hydrogen-bond acceptors (Lipinski definition) is 4. The Balaban J connectivity index is 1.94. The second-order valence-corrected chi connectivity index (χ2v) is 5.69. The van der Waals surface area contributed by atoms with Crippen molar-refractivity contribution in [3.8, 4) is 5.75 Å². The average molecular weight is 311 g/mol. The summed E-state index contributed by atoms with van der Waals surface area (Å²) >= 11 is 0. The van der Waals surface area contributed by atoms with Gasteiger partial charge in [0.15, 0.2) is 11.4 Å². The van der Waals surface area contributed by atoms with E-state index in [2.05, 4.69) is 5.32 Å². The minimum atomic E-state index is -1.88. The molecule has 0 radical (unpaired) electrons. The molecule has 1 amide bonds. The molecule has 0 spiro atoms. The molecule has 1 aliphatic heterocycles. The Bertz CT molecular complexity index is 782. The van der Waals surface area contributed by atoms with Crippen LogP contribution in [0.25, 0.3) is 0 Å². The summed E-state index contributed by atoms with van der Waals surface area (Å²) in [5, 5.41) is 13.4. The number of anilines is 1. The van der Waals surface area contributed by atoms with Crippen LogP contribution >= 0.6 is 0 Å². The Morgan fingerprint density at radius 2 is 1.91 bits per heavy atom. The lowest BCUT2D eigenvalue weighted by atomic mass is 9.88. The molecule has 2 aromatic rings. The van der Waals surface area contributed by atoms with Gasteiger partial charge in [-0.15, -0.1) is 0 Å². The SMILES string of the molecule is COc1ccc2c(c1)[C@](O)(CC(=O)c1ccc(C)cc1)C(=O)N2. The zero-order valence-corrected chi connectivity index (χ0v) is 12.9. The van der Waals surface area contributed by atoms with Crippen LogP contribution in [0.3, 0.4) is 0 Å². The predicted octanol–water partition coefficient (Wildman–Crippen LogP) is 2.42. The van der Waals surface area contributed by atoms with Crippen LogP contribution in [0.15, 0.2) is 42.5 Å². The van der Waals surface area contributed by atoms with E-state index in [0.717, 1.165) is 5.56 Å². The van der Waals surface area contributed by atoms with Crippen molar-refractivity contribution in [2.75, 3.05) is 12.4 Å². The van der Waals surface area contributed by atoms with E-state index in [9.17, 15) is 14.7 Å². The van der Waals surface area contributed by atoms with Crippen LogP contribution in [0.2, 0.25) is 0 Å². The van der Waals surface area contributed by atoms with Crippen molar-refractivity contribution in [1.82, 2.24) is 0 Å². The van der Waals surface area contributed by atoms with Crippen LogP contribution in [-0.4, -0.2) is 23.9 Å². The first kappa shape index (κ1) is 15.2. The van der Waals surface area contributed by atoms with Crippen molar-refractivity contribution >= 4 is 17.4 Å². The molecular weight excluding hydrogens is 294 g/mol. The van der Waals surface area contributed by atoms with E-state index in [1.54, 1.807) is 30.3 Å². The Labute approximate surface area is 133 Å². The Kier molecular flexibility index (Phi) is 3.66.